The molecule has 1 aliphatic heterocycles. The summed E-state index contributed by atoms with van der Waals surface area (Å²) in [5, 5.41) is 11.6. The first kappa shape index (κ1) is 11.9. The van der Waals surface area contributed by atoms with Gasteiger partial charge in [0.25, 0.3) is 0 Å². The number of nitrogens with one attached hydrogen (secondary N) is 1. The van der Waals surface area contributed by atoms with Crippen molar-refractivity contribution in [2.75, 3.05) is 12.4 Å². The van der Waals surface area contributed by atoms with Crippen molar-refractivity contribution in [1.82, 2.24) is 24.7 Å². The molecule has 7 nitrogen and oxygen atoms in total. The Bertz CT molecular complexity index is 581. The van der Waals surface area contributed by atoms with Gasteiger partial charge in [0.15, 0.2) is 0 Å². The van der Waals surface area contributed by atoms with Gasteiger partial charge in [0, 0.05) is 31.3 Å². The first-order valence-corrected chi connectivity index (χ1v) is 6.28. The van der Waals surface area contributed by atoms with Crippen LogP contribution in [0.2, 0.25) is 0 Å². The Morgan fingerprint density at radius 2 is 2.32 bits per heavy atom. The number of ether oxygens (including phenoxy) is 1. The van der Waals surface area contributed by atoms with Crippen LogP contribution in [0, 0.1) is 6.92 Å². The van der Waals surface area contributed by atoms with Crippen molar-refractivity contribution in [3.8, 4) is 5.88 Å². The number of hydrogen-bond donors (Lipinski definition) is 1. The minimum atomic E-state index is 0.286. The summed E-state index contributed by atoms with van der Waals surface area (Å²) in [6.07, 6.45) is 3.60. The van der Waals surface area contributed by atoms with Gasteiger partial charge in [-0.15, -0.1) is 10.2 Å². The van der Waals surface area contributed by atoms with Crippen molar-refractivity contribution in [1.29, 1.82) is 0 Å². The SMILES string of the molecule is COc1ccnc(NC2CCc3nnc(C)n3C2)n1. The van der Waals surface area contributed by atoms with Crippen molar-refractivity contribution < 1.29 is 4.74 Å². The third-order valence-electron chi connectivity index (χ3n) is 3.30. The van der Waals surface area contributed by atoms with E-state index in [9.17, 15) is 0 Å². The Kier molecular flexibility index (Phi) is 3.02. The van der Waals surface area contributed by atoms with Gasteiger partial charge in [-0.2, -0.15) is 4.98 Å². The second kappa shape index (κ2) is 4.83. The molecule has 0 saturated heterocycles. The number of anilines is 1. The average molecular weight is 260 g/mol. The number of nitrogens with zero attached hydrogens (tertiary/aromatic N) is 5. The van der Waals surface area contributed by atoms with Crippen LogP contribution >= 0.6 is 0 Å². The first-order valence-electron chi connectivity index (χ1n) is 6.28. The predicted octanol–water partition coefficient (Wildman–Crippen LogP) is 0.812. The monoisotopic (exact) mass is 260 g/mol. The molecule has 0 amide bonds. The summed E-state index contributed by atoms with van der Waals surface area (Å²) in [6, 6.07) is 2.02. The van der Waals surface area contributed by atoms with Crippen molar-refractivity contribution in [3.05, 3.63) is 23.9 Å². The van der Waals surface area contributed by atoms with Crippen molar-refractivity contribution in [2.45, 2.75) is 32.4 Å². The lowest BCUT2D eigenvalue weighted by atomic mass is 10.1. The molecule has 1 atom stereocenters. The van der Waals surface area contributed by atoms with Gasteiger partial charge in [-0.05, 0) is 13.3 Å². The van der Waals surface area contributed by atoms with Gasteiger partial charge in [-0.1, -0.05) is 0 Å². The third kappa shape index (κ3) is 2.35. The van der Waals surface area contributed by atoms with Crippen LogP contribution in [0.25, 0.3) is 0 Å². The van der Waals surface area contributed by atoms with E-state index in [0.717, 1.165) is 31.0 Å². The van der Waals surface area contributed by atoms with E-state index in [0.29, 0.717) is 11.8 Å². The molecule has 3 heterocycles. The quantitative estimate of drug-likeness (QED) is 0.880. The lowest BCUT2D eigenvalue weighted by Crippen LogP contribution is -2.32. The van der Waals surface area contributed by atoms with E-state index >= 15 is 0 Å². The van der Waals surface area contributed by atoms with Crippen LogP contribution in [-0.2, 0) is 13.0 Å². The van der Waals surface area contributed by atoms with Crippen LogP contribution < -0.4 is 10.1 Å². The van der Waals surface area contributed by atoms with Gasteiger partial charge in [-0.3, -0.25) is 0 Å². The van der Waals surface area contributed by atoms with E-state index in [4.69, 9.17) is 4.74 Å². The van der Waals surface area contributed by atoms with Crippen LogP contribution in [-0.4, -0.2) is 37.9 Å². The highest BCUT2D eigenvalue weighted by molar-refractivity contribution is 5.29. The molecule has 0 fully saturated rings. The molecular formula is C12H16N6O. The summed E-state index contributed by atoms with van der Waals surface area (Å²) in [7, 11) is 1.60. The zero-order chi connectivity index (χ0) is 13.2. The Morgan fingerprint density at radius 1 is 1.42 bits per heavy atom. The maximum absolute atomic E-state index is 5.09. The number of aryl methyl sites for hydroxylation is 2. The fourth-order valence-electron chi connectivity index (χ4n) is 2.29. The fourth-order valence-corrected chi connectivity index (χ4v) is 2.29. The van der Waals surface area contributed by atoms with Crippen LogP contribution in [0.3, 0.4) is 0 Å². The van der Waals surface area contributed by atoms with Crippen molar-refractivity contribution in [3.63, 3.8) is 0 Å². The van der Waals surface area contributed by atoms with Gasteiger partial charge >= 0.3 is 0 Å². The Hall–Kier alpha value is -2.18. The van der Waals surface area contributed by atoms with Gasteiger partial charge in [-0.25, -0.2) is 4.98 Å². The highest BCUT2D eigenvalue weighted by atomic mass is 16.5. The molecule has 0 spiro atoms. The Labute approximate surface area is 111 Å². The predicted molar refractivity (Wildman–Crippen MR) is 69.1 cm³/mol. The van der Waals surface area contributed by atoms with E-state index in [-0.39, 0.29) is 6.04 Å². The summed E-state index contributed by atoms with van der Waals surface area (Å²) in [6.45, 7) is 2.82. The second-order valence-electron chi connectivity index (χ2n) is 4.58. The fraction of sp³-hybridized carbons (Fsp3) is 0.500. The minimum absolute atomic E-state index is 0.286. The summed E-state index contributed by atoms with van der Waals surface area (Å²) < 4.78 is 7.23. The lowest BCUT2D eigenvalue weighted by molar-refractivity contribution is 0.396. The van der Waals surface area contributed by atoms with Gasteiger partial charge < -0.3 is 14.6 Å². The van der Waals surface area contributed by atoms with Crippen LogP contribution in [0.1, 0.15) is 18.1 Å². The molecule has 3 rings (SSSR count). The standard InChI is InChI=1S/C12H16N6O/c1-8-16-17-10-4-3-9(7-18(8)10)14-12-13-6-5-11(15-12)19-2/h5-6,9H,3-4,7H2,1-2H3,(H,13,14,15). The summed E-state index contributed by atoms with van der Waals surface area (Å²) >= 11 is 0. The third-order valence-corrected chi connectivity index (χ3v) is 3.30. The molecule has 2 aromatic rings. The number of rotatable bonds is 3. The van der Waals surface area contributed by atoms with Gasteiger partial charge in [0.05, 0.1) is 7.11 Å². The number of aromatic nitrogens is 5. The highest BCUT2D eigenvalue weighted by Gasteiger charge is 2.21. The maximum atomic E-state index is 5.09. The smallest absolute Gasteiger partial charge is 0.226 e. The number of hydrogen-bond acceptors (Lipinski definition) is 6. The molecule has 2 aromatic heterocycles. The molecule has 100 valence electrons. The molecule has 7 heteroatoms. The van der Waals surface area contributed by atoms with E-state index in [1.807, 2.05) is 6.92 Å². The average Bonchev–Trinajstić information content (AvgIpc) is 2.80. The van der Waals surface area contributed by atoms with Crippen LogP contribution in [0.15, 0.2) is 12.3 Å². The van der Waals surface area contributed by atoms with Gasteiger partial charge in [0.1, 0.15) is 11.6 Å². The van der Waals surface area contributed by atoms with Crippen LogP contribution in [0.4, 0.5) is 5.95 Å². The Morgan fingerprint density at radius 3 is 3.16 bits per heavy atom. The first-order chi connectivity index (χ1) is 9.26. The highest BCUT2D eigenvalue weighted by Crippen LogP contribution is 2.17. The lowest BCUT2D eigenvalue weighted by Gasteiger charge is -2.24. The van der Waals surface area contributed by atoms with E-state index in [1.165, 1.54) is 0 Å². The zero-order valence-electron chi connectivity index (χ0n) is 11.0. The van der Waals surface area contributed by atoms with Gasteiger partial charge in [0.2, 0.25) is 11.8 Å². The molecule has 0 saturated carbocycles. The maximum Gasteiger partial charge on any atom is 0.226 e. The van der Waals surface area contributed by atoms with Crippen LogP contribution in [0.5, 0.6) is 5.88 Å². The van der Waals surface area contributed by atoms with E-state index in [2.05, 4.69) is 30.0 Å². The molecule has 19 heavy (non-hydrogen) atoms. The molecule has 0 aliphatic carbocycles. The minimum Gasteiger partial charge on any atom is -0.481 e. The molecule has 0 aromatic carbocycles. The van der Waals surface area contributed by atoms with Crippen molar-refractivity contribution in [2.24, 2.45) is 0 Å². The zero-order valence-corrected chi connectivity index (χ0v) is 11.0. The number of methoxy groups -OCH3 is 1. The summed E-state index contributed by atoms with van der Waals surface area (Å²) in [5.74, 6) is 3.17. The Balaban J connectivity index is 1.73. The molecule has 0 radical (unpaired) electrons. The largest absolute Gasteiger partial charge is 0.481 e. The summed E-state index contributed by atoms with van der Waals surface area (Å²) in [5.41, 5.74) is 0. The molecular weight excluding hydrogens is 244 g/mol. The van der Waals surface area contributed by atoms with Crippen molar-refractivity contribution >= 4 is 5.95 Å². The molecule has 1 aliphatic rings. The second-order valence-corrected chi connectivity index (χ2v) is 4.58. The molecule has 0 bridgehead atoms. The summed E-state index contributed by atoms with van der Waals surface area (Å²) in [4.78, 5) is 8.47. The van der Waals surface area contributed by atoms with E-state index < -0.39 is 0 Å². The number of fused-ring (bicyclic) bond motifs is 1. The molecule has 1 N–H and O–H groups in total. The molecule has 1 unspecified atom stereocenters. The normalized spacial score (nSPS) is 17.9. The topological polar surface area (TPSA) is 77.8 Å². The van der Waals surface area contributed by atoms with E-state index in [1.54, 1.807) is 19.4 Å².